The summed E-state index contributed by atoms with van der Waals surface area (Å²) >= 11 is 0. The standard InChI is InChI=1S/C26H33N3O4/c1-16-14-17(2)25(33-7)20(15-16)23(30)21-22(18-8-10-19(11-9-18)28(5)6)29(13-12-27(3)4)26(32)24(21)31/h8-11,14-15,22,30H,12-13H2,1-7H3/b23-21+. The molecule has 1 fully saturated rings. The maximum Gasteiger partial charge on any atom is 0.295 e. The molecule has 3 rings (SSSR count). The summed E-state index contributed by atoms with van der Waals surface area (Å²) in [5.74, 6) is -1.03. The van der Waals surface area contributed by atoms with Crippen molar-refractivity contribution in [1.82, 2.24) is 9.80 Å². The van der Waals surface area contributed by atoms with Crippen LogP contribution in [0.3, 0.4) is 0 Å². The number of aliphatic hydroxyl groups is 1. The summed E-state index contributed by atoms with van der Waals surface area (Å²) in [5, 5.41) is 11.4. The number of nitrogens with zero attached hydrogens (tertiary/aromatic N) is 3. The third kappa shape index (κ3) is 4.73. The zero-order valence-electron chi connectivity index (χ0n) is 20.5. The van der Waals surface area contributed by atoms with Gasteiger partial charge in [-0.05, 0) is 62.8 Å². The van der Waals surface area contributed by atoms with Gasteiger partial charge in [-0.15, -0.1) is 0 Å². The van der Waals surface area contributed by atoms with E-state index in [2.05, 4.69) is 0 Å². The summed E-state index contributed by atoms with van der Waals surface area (Å²) < 4.78 is 5.55. The number of carbonyl (C=O) groups is 2. The van der Waals surface area contributed by atoms with Crippen LogP contribution in [0.2, 0.25) is 0 Å². The summed E-state index contributed by atoms with van der Waals surface area (Å²) in [4.78, 5) is 31.8. The fourth-order valence-corrected chi connectivity index (χ4v) is 4.27. The van der Waals surface area contributed by atoms with Crippen LogP contribution in [-0.4, -0.2) is 75.0 Å². The van der Waals surface area contributed by atoms with E-state index in [1.54, 1.807) is 11.0 Å². The van der Waals surface area contributed by atoms with Gasteiger partial charge in [-0.3, -0.25) is 9.59 Å². The van der Waals surface area contributed by atoms with Crippen molar-refractivity contribution in [1.29, 1.82) is 0 Å². The minimum atomic E-state index is -0.688. The van der Waals surface area contributed by atoms with Crippen molar-refractivity contribution in [3.05, 3.63) is 64.2 Å². The quantitative estimate of drug-likeness (QED) is 0.395. The molecular formula is C26H33N3O4. The molecule has 176 valence electrons. The number of likely N-dealkylation sites (N-methyl/N-ethyl adjacent to an activating group) is 1. The molecule has 0 bridgehead atoms. The number of aliphatic hydroxyl groups excluding tert-OH is 1. The van der Waals surface area contributed by atoms with Crippen LogP contribution >= 0.6 is 0 Å². The van der Waals surface area contributed by atoms with E-state index in [9.17, 15) is 14.7 Å². The minimum Gasteiger partial charge on any atom is -0.507 e. The molecule has 0 spiro atoms. The molecule has 7 nitrogen and oxygen atoms in total. The highest BCUT2D eigenvalue weighted by molar-refractivity contribution is 6.46. The van der Waals surface area contributed by atoms with Crippen molar-refractivity contribution >= 4 is 23.1 Å². The molecule has 0 aliphatic carbocycles. The molecule has 1 N–H and O–H groups in total. The van der Waals surface area contributed by atoms with Gasteiger partial charge in [0.2, 0.25) is 0 Å². The van der Waals surface area contributed by atoms with E-state index < -0.39 is 17.7 Å². The Balaban J connectivity index is 2.23. The minimum absolute atomic E-state index is 0.0830. The molecule has 1 heterocycles. The smallest absolute Gasteiger partial charge is 0.295 e. The molecule has 7 heteroatoms. The molecule has 1 unspecified atom stereocenters. The maximum atomic E-state index is 13.2. The van der Waals surface area contributed by atoms with Crippen molar-refractivity contribution in [2.45, 2.75) is 19.9 Å². The van der Waals surface area contributed by atoms with Crippen molar-refractivity contribution in [3.8, 4) is 5.75 Å². The van der Waals surface area contributed by atoms with Crippen LogP contribution in [-0.2, 0) is 9.59 Å². The van der Waals surface area contributed by atoms with Gasteiger partial charge in [0.05, 0.1) is 24.3 Å². The number of carbonyl (C=O) groups excluding carboxylic acids is 2. The lowest BCUT2D eigenvalue weighted by molar-refractivity contribution is -0.140. The van der Waals surface area contributed by atoms with Crippen LogP contribution in [0.15, 0.2) is 42.0 Å². The Labute approximate surface area is 195 Å². The molecule has 1 amide bonds. The molecule has 1 aliphatic heterocycles. The molecule has 2 aromatic rings. The highest BCUT2D eigenvalue weighted by Gasteiger charge is 2.46. The van der Waals surface area contributed by atoms with Gasteiger partial charge < -0.3 is 24.5 Å². The van der Waals surface area contributed by atoms with Gasteiger partial charge in [-0.25, -0.2) is 0 Å². The first kappa shape index (κ1) is 24.3. The monoisotopic (exact) mass is 451 g/mol. The number of amides is 1. The van der Waals surface area contributed by atoms with Crippen LogP contribution in [0.4, 0.5) is 5.69 Å². The molecule has 0 radical (unpaired) electrons. The number of rotatable bonds is 7. The molecule has 33 heavy (non-hydrogen) atoms. The Bertz CT molecular complexity index is 1090. The summed E-state index contributed by atoms with van der Waals surface area (Å²) in [6, 6.07) is 10.7. The van der Waals surface area contributed by atoms with E-state index in [1.165, 1.54) is 7.11 Å². The number of aryl methyl sites for hydroxylation is 2. The van der Waals surface area contributed by atoms with Gasteiger partial charge in [0.15, 0.2) is 0 Å². The Kier molecular flexibility index (Phi) is 7.12. The maximum absolute atomic E-state index is 13.2. The van der Waals surface area contributed by atoms with Crippen molar-refractivity contribution in [3.63, 3.8) is 0 Å². The van der Waals surface area contributed by atoms with E-state index in [0.29, 0.717) is 24.4 Å². The summed E-state index contributed by atoms with van der Waals surface area (Å²) in [5.41, 5.74) is 4.02. The first-order valence-electron chi connectivity index (χ1n) is 10.9. The zero-order valence-corrected chi connectivity index (χ0v) is 20.5. The molecule has 1 aliphatic rings. The van der Waals surface area contributed by atoms with Gasteiger partial charge in [0, 0.05) is 32.9 Å². The first-order valence-corrected chi connectivity index (χ1v) is 10.9. The SMILES string of the molecule is COc1c(C)cc(C)cc1/C(O)=C1\C(=O)C(=O)N(CCN(C)C)C1c1ccc(N(C)C)cc1. The average Bonchev–Trinajstić information content (AvgIpc) is 3.01. The number of ketones is 1. The van der Waals surface area contributed by atoms with Gasteiger partial charge >= 0.3 is 0 Å². The fourth-order valence-electron chi connectivity index (χ4n) is 4.27. The highest BCUT2D eigenvalue weighted by atomic mass is 16.5. The van der Waals surface area contributed by atoms with Crippen molar-refractivity contribution in [2.75, 3.05) is 53.3 Å². The fraction of sp³-hybridized carbons (Fsp3) is 0.385. The van der Waals surface area contributed by atoms with Crippen LogP contribution in [0, 0.1) is 13.8 Å². The Morgan fingerprint density at radius 2 is 1.70 bits per heavy atom. The van der Waals surface area contributed by atoms with E-state index >= 15 is 0 Å². The van der Waals surface area contributed by atoms with E-state index in [-0.39, 0.29) is 11.3 Å². The van der Waals surface area contributed by atoms with Crippen molar-refractivity contribution < 1.29 is 19.4 Å². The van der Waals surface area contributed by atoms with Crippen LogP contribution < -0.4 is 9.64 Å². The Hall–Kier alpha value is -3.32. The number of ether oxygens (including phenoxy) is 1. The average molecular weight is 452 g/mol. The lowest BCUT2D eigenvalue weighted by Crippen LogP contribution is -2.35. The third-order valence-corrected chi connectivity index (χ3v) is 5.93. The van der Waals surface area contributed by atoms with Crippen molar-refractivity contribution in [2.24, 2.45) is 0 Å². The topological polar surface area (TPSA) is 73.3 Å². The van der Waals surface area contributed by atoms with Gasteiger partial charge in [-0.2, -0.15) is 0 Å². The molecule has 1 atom stereocenters. The highest BCUT2D eigenvalue weighted by Crippen LogP contribution is 2.42. The molecule has 0 aromatic heterocycles. The lowest BCUT2D eigenvalue weighted by Gasteiger charge is -2.27. The van der Waals surface area contributed by atoms with Gasteiger partial charge in [0.1, 0.15) is 11.5 Å². The number of hydrogen-bond donors (Lipinski definition) is 1. The van der Waals surface area contributed by atoms with Crippen LogP contribution in [0.5, 0.6) is 5.75 Å². The Morgan fingerprint density at radius 1 is 1.06 bits per heavy atom. The largest absolute Gasteiger partial charge is 0.507 e. The summed E-state index contributed by atoms with van der Waals surface area (Å²) in [7, 11) is 9.26. The van der Waals surface area contributed by atoms with Gasteiger partial charge in [0.25, 0.3) is 11.7 Å². The van der Waals surface area contributed by atoms with Crippen LogP contribution in [0.25, 0.3) is 5.76 Å². The summed E-state index contributed by atoms with van der Waals surface area (Å²) in [6.45, 7) is 4.75. The normalized spacial score (nSPS) is 17.7. The number of benzene rings is 2. The number of hydrogen-bond acceptors (Lipinski definition) is 6. The first-order chi connectivity index (χ1) is 15.6. The number of methoxy groups -OCH3 is 1. The van der Waals surface area contributed by atoms with E-state index in [1.807, 2.05) is 82.2 Å². The third-order valence-electron chi connectivity index (χ3n) is 5.93. The Morgan fingerprint density at radius 3 is 2.24 bits per heavy atom. The second kappa shape index (κ2) is 9.67. The summed E-state index contributed by atoms with van der Waals surface area (Å²) in [6.07, 6.45) is 0. The zero-order chi connectivity index (χ0) is 24.4. The molecular weight excluding hydrogens is 418 g/mol. The second-order valence-corrected chi connectivity index (χ2v) is 8.94. The number of likely N-dealkylation sites (tertiary alicyclic amines) is 1. The predicted molar refractivity (Wildman–Crippen MR) is 131 cm³/mol. The van der Waals surface area contributed by atoms with Gasteiger partial charge in [-0.1, -0.05) is 18.2 Å². The molecule has 2 aromatic carbocycles. The lowest BCUT2D eigenvalue weighted by atomic mass is 9.93. The number of Topliss-reactive ketones (excluding diaryl/α,β-unsaturated/α-hetero) is 1. The van der Waals surface area contributed by atoms with Crippen LogP contribution in [0.1, 0.15) is 28.3 Å². The van der Waals surface area contributed by atoms with E-state index in [4.69, 9.17) is 4.74 Å². The number of anilines is 1. The second-order valence-electron chi connectivity index (χ2n) is 8.94. The van der Waals surface area contributed by atoms with E-state index in [0.717, 1.165) is 22.4 Å². The molecule has 1 saturated heterocycles. The predicted octanol–water partition coefficient (Wildman–Crippen LogP) is 3.36. The molecule has 0 saturated carbocycles.